The van der Waals surface area contributed by atoms with Gasteiger partial charge in [-0.15, -0.1) is 0 Å². The van der Waals surface area contributed by atoms with Gasteiger partial charge in [0.1, 0.15) is 6.61 Å². The van der Waals surface area contributed by atoms with Gasteiger partial charge < -0.3 is 19.7 Å². The molecule has 1 aromatic heterocycles. The van der Waals surface area contributed by atoms with E-state index >= 15 is 0 Å². The largest absolute Gasteiger partial charge is 0.481 e. The Morgan fingerprint density at radius 3 is 2.89 bits per heavy atom. The number of rotatable bonds is 9. The molecule has 19 heavy (non-hydrogen) atoms. The van der Waals surface area contributed by atoms with E-state index < -0.39 is 5.97 Å². The average molecular weight is 270 g/mol. The van der Waals surface area contributed by atoms with E-state index in [9.17, 15) is 9.59 Å². The Morgan fingerprint density at radius 1 is 1.42 bits per heavy atom. The number of carboxylic acid groups (broad SMARTS) is 1. The lowest BCUT2D eigenvalue weighted by atomic mass is 10.2. The van der Waals surface area contributed by atoms with Gasteiger partial charge in [0.05, 0.1) is 0 Å². The molecule has 0 unspecified atom stereocenters. The summed E-state index contributed by atoms with van der Waals surface area (Å²) in [4.78, 5) is 21.9. The average Bonchev–Trinajstić information content (AvgIpc) is 2.82. The summed E-state index contributed by atoms with van der Waals surface area (Å²) in [5.41, 5.74) is 0.220. The maximum Gasteiger partial charge on any atom is 0.303 e. The normalized spacial score (nSPS) is 10.4. The molecule has 0 fully saturated rings. The molecule has 106 valence electrons. The monoisotopic (exact) mass is 270 g/mol. The minimum atomic E-state index is -0.794. The number of hydrogen-bond acceptors (Lipinski definition) is 5. The van der Waals surface area contributed by atoms with Gasteiger partial charge >= 0.3 is 5.97 Å². The summed E-state index contributed by atoms with van der Waals surface area (Å²) in [6, 6.07) is 1.53. The Morgan fingerprint density at radius 2 is 2.21 bits per heavy atom. The Hall–Kier alpha value is -1.89. The first-order chi connectivity index (χ1) is 9.13. The maximum absolute atomic E-state index is 11.6. The number of carboxylic acids is 1. The second kappa shape index (κ2) is 8.25. The summed E-state index contributed by atoms with van der Waals surface area (Å²) in [5.74, 6) is -0.601. The third kappa shape index (κ3) is 6.01. The zero-order valence-electron chi connectivity index (χ0n) is 10.8. The molecule has 0 aliphatic heterocycles. The van der Waals surface area contributed by atoms with Crippen molar-refractivity contribution in [3.63, 3.8) is 0 Å². The van der Waals surface area contributed by atoms with Gasteiger partial charge in [-0.3, -0.25) is 9.59 Å². The fourth-order valence-electron chi connectivity index (χ4n) is 1.50. The van der Waals surface area contributed by atoms with Crippen molar-refractivity contribution in [1.82, 2.24) is 10.5 Å². The van der Waals surface area contributed by atoms with Gasteiger partial charge in [-0.2, -0.15) is 0 Å². The Bertz CT molecular complexity index is 416. The highest BCUT2D eigenvalue weighted by Crippen LogP contribution is 2.05. The van der Waals surface area contributed by atoms with E-state index in [0.29, 0.717) is 18.7 Å². The van der Waals surface area contributed by atoms with Crippen molar-refractivity contribution in [2.75, 3.05) is 13.7 Å². The maximum atomic E-state index is 11.6. The number of amides is 1. The van der Waals surface area contributed by atoms with E-state index in [-0.39, 0.29) is 24.6 Å². The molecule has 0 aromatic carbocycles. The third-order valence-electron chi connectivity index (χ3n) is 2.43. The lowest BCUT2D eigenvalue weighted by molar-refractivity contribution is -0.137. The molecule has 7 heteroatoms. The molecule has 0 bridgehead atoms. The van der Waals surface area contributed by atoms with Crippen LogP contribution in [0.2, 0.25) is 0 Å². The number of hydrogen-bond donors (Lipinski definition) is 2. The van der Waals surface area contributed by atoms with Crippen LogP contribution in [-0.4, -0.2) is 35.8 Å². The lowest BCUT2D eigenvalue weighted by Gasteiger charge is -2.01. The number of aromatic nitrogens is 1. The van der Waals surface area contributed by atoms with Crippen LogP contribution in [0.4, 0.5) is 0 Å². The molecule has 1 rings (SSSR count). The van der Waals surface area contributed by atoms with Crippen molar-refractivity contribution in [1.29, 1.82) is 0 Å². The minimum absolute atomic E-state index is 0.164. The molecule has 7 nitrogen and oxygen atoms in total. The smallest absolute Gasteiger partial charge is 0.303 e. The zero-order valence-corrected chi connectivity index (χ0v) is 10.8. The first-order valence-corrected chi connectivity index (χ1v) is 6.08. The highest BCUT2D eigenvalue weighted by Gasteiger charge is 2.11. The van der Waals surface area contributed by atoms with Gasteiger partial charge in [-0.25, -0.2) is 0 Å². The number of carbonyl (C=O) groups excluding carboxylic acids is 1. The van der Waals surface area contributed by atoms with Crippen LogP contribution >= 0.6 is 0 Å². The zero-order chi connectivity index (χ0) is 14.1. The van der Waals surface area contributed by atoms with Crippen LogP contribution in [-0.2, 0) is 16.1 Å². The molecule has 1 aromatic rings. The first kappa shape index (κ1) is 15.2. The second-order valence-corrected chi connectivity index (χ2v) is 4.07. The SMILES string of the molecule is COCc1cc(C(=O)NCCCCCC(=O)O)no1. The van der Waals surface area contributed by atoms with E-state index in [2.05, 4.69) is 10.5 Å². The molecule has 0 atom stereocenters. The standard InChI is InChI=1S/C12H18N2O5/c1-18-8-9-7-10(14-19-9)12(17)13-6-4-2-3-5-11(15)16/h7H,2-6,8H2,1H3,(H,13,17)(H,15,16). The second-order valence-electron chi connectivity index (χ2n) is 4.07. The molecule has 0 radical (unpaired) electrons. The topological polar surface area (TPSA) is 102 Å². The summed E-state index contributed by atoms with van der Waals surface area (Å²) < 4.78 is 9.75. The fraction of sp³-hybridized carbons (Fsp3) is 0.583. The van der Waals surface area contributed by atoms with Crippen LogP contribution < -0.4 is 5.32 Å². The van der Waals surface area contributed by atoms with Crippen molar-refractivity contribution >= 4 is 11.9 Å². The van der Waals surface area contributed by atoms with Crippen molar-refractivity contribution in [3.8, 4) is 0 Å². The molecule has 1 amide bonds. The molecule has 0 aliphatic carbocycles. The molecule has 0 aliphatic rings. The Kier molecular flexibility index (Phi) is 6.59. The van der Waals surface area contributed by atoms with Crippen LogP contribution in [0.25, 0.3) is 0 Å². The summed E-state index contributed by atoms with van der Waals surface area (Å²) in [6.45, 7) is 0.764. The van der Waals surface area contributed by atoms with Crippen LogP contribution in [0.1, 0.15) is 41.9 Å². The third-order valence-corrected chi connectivity index (χ3v) is 2.43. The quantitative estimate of drug-likeness (QED) is 0.654. The predicted octanol–water partition coefficient (Wildman–Crippen LogP) is 1.20. The van der Waals surface area contributed by atoms with E-state index in [1.807, 2.05) is 0 Å². The van der Waals surface area contributed by atoms with Gasteiger partial charge in [0.25, 0.3) is 5.91 Å². The highest BCUT2D eigenvalue weighted by molar-refractivity contribution is 5.92. The fourth-order valence-corrected chi connectivity index (χ4v) is 1.50. The molecular weight excluding hydrogens is 252 g/mol. The minimum Gasteiger partial charge on any atom is -0.481 e. The van der Waals surface area contributed by atoms with Gasteiger partial charge in [0.2, 0.25) is 0 Å². The van der Waals surface area contributed by atoms with Gasteiger partial charge in [-0.1, -0.05) is 11.6 Å². The molecule has 0 saturated carbocycles. The van der Waals surface area contributed by atoms with Gasteiger partial charge in [-0.05, 0) is 12.8 Å². The van der Waals surface area contributed by atoms with E-state index in [4.69, 9.17) is 14.4 Å². The van der Waals surface area contributed by atoms with Crippen molar-refractivity contribution in [3.05, 3.63) is 17.5 Å². The lowest BCUT2D eigenvalue weighted by Crippen LogP contribution is -2.24. The molecule has 1 heterocycles. The highest BCUT2D eigenvalue weighted by atomic mass is 16.5. The molecule has 0 spiro atoms. The summed E-state index contributed by atoms with van der Waals surface area (Å²) in [7, 11) is 1.53. The predicted molar refractivity (Wildman–Crippen MR) is 65.7 cm³/mol. The summed E-state index contributed by atoms with van der Waals surface area (Å²) in [6.07, 6.45) is 2.28. The first-order valence-electron chi connectivity index (χ1n) is 6.08. The molecule has 0 saturated heterocycles. The van der Waals surface area contributed by atoms with Crippen molar-refractivity contribution in [2.24, 2.45) is 0 Å². The van der Waals surface area contributed by atoms with Crippen LogP contribution in [0.5, 0.6) is 0 Å². The Balaban J connectivity index is 2.18. The number of carbonyl (C=O) groups is 2. The van der Waals surface area contributed by atoms with E-state index in [1.54, 1.807) is 0 Å². The van der Waals surface area contributed by atoms with Crippen molar-refractivity contribution in [2.45, 2.75) is 32.3 Å². The van der Waals surface area contributed by atoms with E-state index in [1.165, 1.54) is 13.2 Å². The number of ether oxygens (including phenoxy) is 1. The summed E-state index contributed by atoms with van der Waals surface area (Å²) in [5, 5.41) is 14.8. The number of methoxy groups -OCH3 is 1. The molecular formula is C12H18N2O5. The van der Waals surface area contributed by atoms with Crippen molar-refractivity contribution < 1.29 is 24.0 Å². The van der Waals surface area contributed by atoms with Crippen LogP contribution in [0, 0.1) is 0 Å². The number of nitrogens with one attached hydrogen (secondary N) is 1. The summed E-state index contributed by atoms with van der Waals surface area (Å²) >= 11 is 0. The number of aliphatic carboxylic acids is 1. The van der Waals surface area contributed by atoms with Crippen LogP contribution in [0.15, 0.2) is 10.6 Å². The van der Waals surface area contributed by atoms with Gasteiger partial charge in [0, 0.05) is 26.1 Å². The van der Waals surface area contributed by atoms with Crippen LogP contribution in [0.3, 0.4) is 0 Å². The number of nitrogens with zero attached hydrogens (tertiary/aromatic N) is 1. The number of unbranched alkanes of at least 4 members (excludes halogenated alkanes) is 2. The molecule has 2 N–H and O–H groups in total. The van der Waals surface area contributed by atoms with Gasteiger partial charge in [0.15, 0.2) is 11.5 Å². The Labute approximate surface area is 110 Å². The van der Waals surface area contributed by atoms with E-state index in [0.717, 1.165) is 12.8 Å².